The third-order valence-corrected chi connectivity index (χ3v) is 7.66. The molecule has 2 aromatic rings. The number of aromatic nitrogens is 1. The minimum absolute atomic E-state index is 0.0678. The van der Waals surface area contributed by atoms with E-state index in [-0.39, 0.29) is 17.6 Å². The van der Waals surface area contributed by atoms with Crippen molar-refractivity contribution in [3.8, 4) is 5.75 Å². The minimum atomic E-state index is -3.18. The molecule has 0 spiro atoms. The number of ether oxygens (including phenoxy) is 1. The molecule has 8 heteroatoms. The third-order valence-electron chi connectivity index (χ3n) is 5.78. The summed E-state index contributed by atoms with van der Waals surface area (Å²) in [7, 11) is -1.54. The molecule has 31 heavy (non-hydrogen) atoms. The van der Waals surface area contributed by atoms with Crippen LogP contribution in [0, 0.1) is 6.92 Å². The van der Waals surface area contributed by atoms with E-state index in [0.29, 0.717) is 44.5 Å². The Bertz CT molecular complexity index is 1020. The van der Waals surface area contributed by atoms with Crippen molar-refractivity contribution >= 4 is 15.9 Å². The smallest absolute Gasteiger partial charge is 0.253 e. The van der Waals surface area contributed by atoms with Crippen LogP contribution in [0.15, 0.2) is 36.4 Å². The Balaban J connectivity index is 1.68. The molecule has 0 bridgehead atoms. The Hall–Kier alpha value is -2.45. The number of rotatable bonds is 8. The van der Waals surface area contributed by atoms with Crippen molar-refractivity contribution in [2.45, 2.75) is 39.0 Å². The van der Waals surface area contributed by atoms with E-state index in [2.05, 4.69) is 10.3 Å². The van der Waals surface area contributed by atoms with Gasteiger partial charge in [-0.25, -0.2) is 12.7 Å². The molecule has 168 valence electrons. The molecule has 7 nitrogen and oxygen atoms in total. The number of hydrogen-bond donors (Lipinski definition) is 1. The number of aryl methyl sites for hydroxylation is 1. The van der Waals surface area contributed by atoms with E-state index in [1.54, 1.807) is 18.3 Å². The second-order valence-electron chi connectivity index (χ2n) is 7.78. The van der Waals surface area contributed by atoms with Gasteiger partial charge >= 0.3 is 0 Å². The van der Waals surface area contributed by atoms with E-state index in [1.807, 2.05) is 43.3 Å². The fraction of sp³-hybridized carbons (Fsp3) is 0.478. The van der Waals surface area contributed by atoms with Crippen molar-refractivity contribution in [1.29, 1.82) is 0 Å². The molecular formula is C23H31N3O4S. The molecule has 0 unspecified atom stereocenters. The molecule has 0 radical (unpaired) electrons. The summed E-state index contributed by atoms with van der Waals surface area (Å²) in [5.74, 6) is 0.836. The zero-order valence-electron chi connectivity index (χ0n) is 18.4. The predicted octanol–water partition coefficient (Wildman–Crippen LogP) is 2.90. The van der Waals surface area contributed by atoms with Crippen LogP contribution in [-0.4, -0.2) is 56.1 Å². The number of piperidine rings is 1. The summed E-state index contributed by atoms with van der Waals surface area (Å²) < 4.78 is 31.2. The zero-order valence-corrected chi connectivity index (χ0v) is 19.2. The Morgan fingerprint density at radius 3 is 2.58 bits per heavy atom. The van der Waals surface area contributed by atoms with Gasteiger partial charge in [-0.05, 0) is 56.9 Å². The van der Waals surface area contributed by atoms with Crippen molar-refractivity contribution in [3.05, 3.63) is 58.9 Å². The van der Waals surface area contributed by atoms with E-state index >= 15 is 0 Å². The van der Waals surface area contributed by atoms with Crippen LogP contribution >= 0.6 is 0 Å². The minimum Gasteiger partial charge on any atom is -0.496 e. The van der Waals surface area contributed by atoms with Crippen LogP contribution in [0.4, 0.5) is 0 Å². The van der Waals surface area contributed by atoms with Gasteiger partial charge < -0.3 is 10.1 Å². The molecule has 1 aromatic carbocycles. The average Bonchev–Trinajstić information content (AvgIpc) is 2.79. The third kappa shape index (κ3) is 5.62. The highest BCUT2D eigenvalue weighted by Crippen LogP contribution is 2.30. The van der Waals surface area contributed by atoms with Crippen LogP contribution in [-0.2, 0) is 16.4 Å². The number of nitrogens with one attached hydrogen (secondary N) is 1. The van der Waals surface area contributed by atoms with Crippen LogP contribution < -0.4 is 10.1 Å². The van der Waals surface area contributed by atoms with Gasteiger partial charge in [-0.15, -0.1) is 0 Å². The topological polar surface area (TPSA) is 88.6 Å². The van der Waals surface area contributed by atoms with Crippen molar-refractivity contribution in [2.75, 3.05) is 32.5 Å². The van der Waals surface area contributed by atoms with Crippen LogP contribution in [0.1, 0.15) is 53.0 Å². The molecule has 1 N–H and O–H groups in total. The lowest BCUT2D eigenvalue weighted by molar-refractivity contribution is 0.0951. The standard InChI is InChI=1S/C23H31N3O4S/c1-4-31(28,29)26-15-12-19(13-16-26)22-20(10-9-17(2)25-22)23(27)24-14-11-18-7-5-6-8-21(18)30-3/h5-10,19H,4,11-16H2,1-3H3,(H,24,27). The molecule has 1 aliphatic rings. The Morgan fingerprint density at radius 2 is 1.90 bits per heavy atom. The number of amides is 1. The molecule has 1 amide bonds. The highest BCUT2D eigenvalue weighted by atomic mass is 32.2. The van der Waals surface area contributed by atoms with Crippen LogP contribution in [0.2, 0.25) is 0 Å². The quantitative estimate of drug-likeness (QED) is 0.675. The Kier molecular flexibility index (Phi) is 7.67. The lowest BCUT2D eigenvalue weighted by Crippen LogP contribution is -2.39. The highest BCUT2D eigenvalue weighted by Gasteiger charge is 2.30. The second-order valence-corrected chi connectivity index (χ2v) is 10.0. The maximum atomic E-state index is 12.9. The van der Waals surface area contributed by atoms with E-state index in [4.69, 9.17) is 4.74 Å². The summed E-state index contributed by atoms with van der Waals surface area (Å²) in [5, 5.41) is 3.00. The van der Waals surface area contributed by atoms with Gasteiger partial charge in [0.15, 0.2) is 0 Å². The largest absolute Gasteiger partial charge is 0.496 e. The first-order chi connectivity index (χ1) is 14.9. The van der Waals surface area contributed by atoms with Crippen molar-refractivity contribution in [2.24, 2.45) is 0 Å². The molecule has 0 atom stereocenters. The van der Waals surface area contributed by atoms with Gasteiger partial charge in [-0.2, -0.15) is 0 Å². The molecule has 2 heterocycles. The van der Waals surface area contributed by atoms with Crippen molar-refractivity contribution in [1.82, 2.24) is 14.6 Å². The number of carbonyl (C=O) groups is 1. The Morgan fingerprint density at radius 1 is 1.19 bits per heavy atom. The summed E-state index contributed by atoms with van der Waals surface area (Å²) in [5.41, 5.74) is 3.23. The fourth-order valence-electron chi connectivity index (χ4n) is 3.99. The molecule has 1 aliphatic heterocycles. The Labute approximate surface area is 184 Å². The van der Waals surface area contributed by atoms with Crippen molar-refractivity contribution in [3.63, 3.8) is 0 Å². The SMILES string of the molecule is CCS(=O)(=O)N1CCC(c2nc(C)ccc2C(=O)NCCc2ccccc2OC)CC1. The number of benzene rings is 1. The van der Waals surface area contributed by atoms with Crippen LogP contribution in [0.25, 0.3) is 0 Å². The normalized spacial score (nSPS) is 15.6. The zero-order chi connectivity index (χ0) is 22.4. The molecule has 1 aromatic heterocycles. The van der Waals surface area contributed by atoms with E-state index in [1.165, 1.54) is 0 Å². The van der Waals surface area contributed by atoms with E-state index < -0.39 is 10.0 Å². The van der Waals surface area contributed by atoms with Gasteiger partial charge in [0.05, 0.1) is 24.1 Å². The number of para-hydroxylation sites is 1. The number of nitrogens with zero attached hydrogens (tertiary/aromatic N) is 2. The van der Waals surface area contributed by atoms with Crippen molar-refractivity contribution < 1.29 is 17.9 Å². The number of pyridine rings is 1. The molecule has 3 rings (SSSR count). The van der Waals surface area contributed by atoms with Gasteiger partial charge in [0.2, 0.25) is 10.0 Å². The maximum Gasteiger partial charge on any atom is 0.253 e. The molecule has 1 saturated heterocycles. The second kappa shape index (κ2) is 10.2. The summed E-state index contributed by atoms with van der Waals surface area (Å²) in [6.07, 6.45) is 1.99. The van der Waals surface area contributed by atoms with Crippen LogP contribution in [0.5, 0.6) is 5.75 Å². The fourth-order valence-corrected chi connectivity index (χ4v) is 5.12. The van der Waals surface area contributed by atoms with Gasteiger partial charge in [0, 0.05) is 31.2 Å². The summed E-state index contributed by atoms with van der Waals surface area (Å²) in [6, 6.07) is 11.4. The summed E-state index contributed by atoms with van der Waals surface area (Å²) >= 11 is 0. The lowest BCUT2D eigenvalue weighted by Gasteiger charge is -2.31. The number of hydrogen-bond acceptors (Lipinski definition) is 5. The molecule has 0 saturated carbocycles. The van der Waals surface area contributed by atoms with Gasteiger partial charge in [-0.3, -0.25) is 9.78 Å². The first kappa shape index (κ1) is 23.2. The monoisotopic (exact) mass is 445 g/mol. The number of carbonyl (C=O) groups excluding carboxylic acids is 1. The number of sulfonamides is 1. The van der Waals surface area contributed by atoms with E-state index in [0.717, 1.165) is 22.7 Å². The first-order valence-electron chi connectivity index (χ1n) is 10.7. The van der Waals surface area contributed by atoms with Gasteiger partial charge in [0.1, 0.15) is 5.75 Å². The molecule has 1 fully saturated rings. The first-order valence-corrected chi connectivity index (χ1v) is 12.3. The summed E-state index contributed by atoms with van der Waals surface area (Å²) in [6.45, 7) is 4.98. The number of methoxy groups -OCH3 is 1. The van der Waals surface area contributed by atoms with Crippen LogP contribution in [0.3, 0.4) is 0 Å². The lowest BCUT2D eigenvalue weighted by atomic mass is 9.90. The van der Waals surface area contributed by atoms with E-state index in [9.17, 15) is 13.2 Å². The summed E-state index contributed by atoms with van der Waals surface area (Å²) in [4.78, 5) is 17.6. The average molecular weight is 446 g/mol. The maximum absolute atomic E-state index is 12.9. The molecular weight excluding hydrogens is 414 g/mol. The van der Waals surface area contributed by atoms with Gasteiger partial charge in [0.25, 0.3) is 5.91 Å². The van der Waals surface area contributed by atoms with Gasteiger partial charge in [-0.1, -0.05) is 18.2 Å². The highest BCUT2D eigenvalue weighted by molar-refractivity contribution is 7.89. The molecule has 0 aliphatic carbocycles. The predicted molar refractivity (Wildman–Crippen MR) is 121 cm³/mol.